The van der Waals surface area contributed by atoms with Crippen LogP contribution in [0.3, 0.4) is 0 Å². The van der Waals surface area contributed by atoms with E-state index < -0.39 is 0 Å². The summed E-state index contributed by atoms with van der Waals surface area (Å²) in [5.74, 6) is 0. The maximum atomic E-state index is 4.01. The Morgan fingerprint density at radius 3 is 1.68 bits per heavy atom. The zero-order chi connectivity index (χ0) is 13.3. The summed E-state index contributed by atoms with van der Waals surface area (Å²) in [6.45, 7) is 8.17. The van der Waals surface area contributed by atoms with Gasteiger partial charge in [0.1, 0.15) is 0 Å². The van der Waals surface area contributed by atoms with Gasteiger partial charge >= 0.3 is 20.4 Å². The summed E-state index contributed by atoms with van der Waals surface area (Å²) in [7, 11) is 0. The first kappa shape index (κ1) is 18.4. The minimum absolute atomic E-state index is 0. The van der Waals surface area contributed by atoms with Crippen molar-refractivity contribution in [1.82, 2.24) is 0 Å². The molecule has 106 valence electrons. The second-order valence-electron chi connectivity index (χ2n) is 5.26. The van der Waals surface area contributed by atoms with Crippen molar-refractivity contribution < 1.29 is 20.4 Å². The fraction of sp³-hybridized carbons (Fsp3) is 0.389. The van der Waals surface area contributed by atoms with Crippen molar-refractivity contribution >= 4 is 0 Å². The Balaban J connectivity index is 0.000000331. The van der Waals surface area contributed by atoms with Crippen LogP contribution in [0.25, 0.3) is 0 Å². The van der Waals surface area contributed by atoms with E-state index in [4.69, 9.17) is 0 Å². The zero-order valence-corrected chi connectivity index (χ0v) is 13.5. The molecule has 0 nitrogen and oxygen atoms in total. The number of benzene rings is 1. The molecule has 0 fully saturated rings. The van der Waals surface area contributed by atoms with Crippen LogP contribution in [0, 0.1) is 13.0 Å². The van der Waals surface area contributed by atoms with Crippen LogP contribution >= 0.6 is 0 Å². The van der Waals surface area contributed by atoms with Crippen molar-refractivity contribution in [2.75, 3.05) is 0 Å². The van der Waals surface area contributed by atoms with Gasteiger partial charge in [-0.2, -0.15) is 41.3 Å². The Hall–Kier alpha value is -0.638. The Kier molecular flexibility index (Phi) is 9.84. The van der Waals surface area contributed by atoms with E-state index in [0.717, 1.165) is 5.56 Å². The minimum atomic E-state index is -0.0126. The van der Waals surface area contributed by atoms with E-state index in [0.29, 0.717) is 0 Å². The first-order valence-corrected chi connectivity index (χ1v) is 6.73. The molecule has 0 amide bonds. The normalized spacial score (nSPS) is 17.8. The fourth-order valence-electron chi connectivity index (χ4n) is 1.67. The van der Waals surface area contributed by atoms with Crippen LogP contribution in [0.4, 0.5) is 0 Å². The molecule has 0 unspecified atom stereocenters. The predicted molar refractivity (Wildman–Crippen MR) is 80.4 cm³/mol. The number of hydrogen-bond donors (Lipinski definition) is 0. The molecule has 0 aliphatic heterocycles. The summed E-state index contributed by atoms with van der Waals surface area (Å²) in [6, 6.07) is 11.1. The molecule has 0 atom stereocenters. The quantitative estimate of drug-likeness (QED) is 0.369. The molecular formula is C18H24Pd. The molecular weight excluding hydrogens is 323 g/mol. The summed E-state index contributed by atoms with van der Waals surface area (Å²) in [5, 5.41) is 0. The number of rotatable bonds is 1. The van der Waals surface area contributed by atoms with E-state index in [1.807, 2.05) is 24.3 Å². The maximum absolute atomic E-state index is 4.01. The van der Waals surface area contributed by atoms with Crippen molar-refractivity contribution in [3.8, 4) is 0 Å². The molecule has 0 radical (unpaired) electrons. The first-order chi connectivity index (χ1) is 8.61. The van der Waals surface area contributed by atoms with E-state index in [-0.39, 0.29) is 25.8 Å². The first-order valence-electron chi connectivity index (χ1n) is 6.73. The second-order valence-corrected chi connectivity index (χ2v) is 5.26. The third kappa shape index (κ3) is 8.98. The second kappa shape index (κ2) is 10.2. The Bertz CT molecular complexity index is 342. The number of hydrogen-bond acceptors (Lipinski definition) is 0. The third-order valence-electron chi connectivity index (χ3n) is 2.77. The molecule has 0 saturated carbocycles. The SMILES string of the molecule is C1=C/CC/C=C/CC/1.[CH2-]C(C)(C)c1[c-]cccc1.[Pd+2]. The average Bonchev–Trinajstić information content (AvgIpc) is 2.29. The Labute approximate surface area is 132 Å². The average molecular weight is 347 g/mol. The molecule has 1 aromatic rings. The van der Waals surface area contributed by atoms with Crippen LogP contribution < -0.4 is 0 Å². The molecule has 0 saturated heterocycles. The molecule has 0 bridgehead atoms. The molecule has 2 rings (SSSR count). The molecule has 0 heterocycles. The largest absolute Gasteiger partial charge is 2.00 e. The fourth-order valence-corrected chi connectivity index (χ4v) is 1.67. The van der Waals surface area contributed by atoms with Crippen molar-refractivity contribution in [3.05, 3.63) is 67.1 Å². The molecule has 0 spiro atoms. The molecule has 1 aromatic carbocycles. The molecule has 0 N–H and O–H groups in total. The van der Waals surface area contributed by atoms with Crippen LogP contribution in [0.2, 0.25) is 0 Å². The van der Waals surface area contributed by atoms with Gasteiger partial charge < -0.3 is 6.92 Å². The van der Waals surface area contributed by atoms with E-state index in [1.54, 1.807) is 0 Å². The van der Waals surface area contributed by atoms with E-state index in [2.05, 4.69) is 51.1 Å². The molecule has 1 aliphatic rings. The molecule has 1 heteroatoms. The monoisotopic (exact) mass is 346 g/mol. The summed E-state index contributed by atoms with van der Waals surface area (Å²) < 4.78 is 0. The maximum Gasteiger partial charge on any atom is 2.00 e. The predicted octanol–water partition coefficient (Wildman–Crippen LogP) is 5.27. The Morgan fingerprint density at radius 2 is 1.42 bits per heavy atom. The topological polar surface area (TPSA) is 0 Å². The van der Waals surface area contributed by atoms with Gasteiger partial charge in [-0.3, -0.25) is 0 Å². The summed E-state index contributed by atoms with van der Waals surface area (Å²) in [6.07, 6.45) is 14.0. The molecule has 19 heavy (non-hydrogen) atoms. The summed E-state index contributed by atoms with van der Waals surface area (Å²) >= 11 is 0. The van der Waals surface area contributed by atoms with Crippen LogP contribution in [0.1, 0.15) is 45.1 Å². The van der Waals surface area contributed by atoms with Gasteiger partial charge in [-0.05, 0) is 25.7 Å². The van der Waals surface area contributed by atoms with Gasteiger partial charge in [-0.1, -0.05) is 38.2 Å². The van der Waals surface area contributed by atoms with E-state index in [9.17, 15) is 0 Å². The van der Waals surface area contributed by atoms with Crippen LogP contribution in [-0.4, -0.2) is 0 Å². The minimum Gasteiger partial charge on any atom is -0.335 e. The third-order valence-corrected chi connectivity index (χ3v) is 2.77. The van der Waals surface area contributed by atoms with E-state index >= 15 is 0 Å². The standard InChI is InChI=1S/C10H12.C8H12.Pd/c1-10(2,3)9-7-5-4-6-8-9;1-2-4-6-8-7-5-3-1;/h4-7H,1H2,2-3H3;1-2,7-8H,3-6H2;/q-2;;+2/b;2-1+,8-7+;. The summed E-state index contributed by atoms with van der Waals surface area (Å²) in [4.78, 5) is 0. The van der Waals surface area contributed by atoms with E-state index in [1.165, 1.54) is 25.7 Å². The number of allylic oxidation sites excluding steroid dienone is 4. The van der Waals surface area contributed by atoms with Gasteiger partial charge in [-0.25, -0.2) is 0 Å². The van der Waals surface area contributed by atoms with Gasteiger partial charge in [0.15, 0.2) is 0 Å². The van der Waals surface area contributed by atoms with Gasteiger partial charge in [0.25, 0.3) is 0 Å². The molecule has 1 aliphatic carbocycles. The van der Waals surface area contributed by atoms with Gasteiger partial charge in [0.05, 0.1) is 0 Å². The van der Waals surface area contributed by atoms with Crippen LogP contribution in [-0.2, 0) is 25.8 Å². The summed E-state index contributed by atoms with van der Waals surface area (Å²) in [5.41, 5.74) is 1.15. The van der Waals surface area contributed by atoms with Crippen LogP contribution in [0.15, 0.2) is 48.6 Å². The van der Waals surface area contributed by atoms with Gasteiger partial charge in [0.2, 0.25) is 0 Å². The van der Waals surface area contributed by atoms with Crippen LogP contribution in [0.5, 0.6) is 0 Å². The smallest absolute Gasteiger partial charge is 0.335 e. The van der Waals surface area contributed by atoms with Crippen molar-refractivity contribution in [1.29, 1.82) is 0 Å². The molecule has 0 aromatic heterocycles. The van der Waals surface area contributed by atoms with Crippen molar-refractivity contribution in [2.24, 2.45) is 0 Å². The van der Waals surface area contributed by atoms with Gasteiger partial charge in [-0.15, -0.1) is 0 Å². The van der Waals surface area contributed by atoms with Crippen molar-refractivity contribution in [2.45, 2.75) is 44.9 Å². The zero-order valence-electron chi connectivity index (χ0n) is 12.0. The Morgan fingerprint density at radius 1 is 0.947 bits per heavy atom. The van der Waals surface area contributed by atoms with Crippen molar-refractivity contribution in [3.63, 3.8) is 0 Å². The van der Waals surface area contributed by atoms with Gasteiger partial charge in [0, 0.05) is 0 Å².